The molecule has 1 aromatic carbocycles. The van der Waals surface area contributed by atoms with Crippen molar-refractivity contribution in [3.63, 3.8) is 0 Å². The summed E-state index contributed by atoms with van der Waals surface area (Å²) in [4.78, 5) is 12.6. The number of carbonyl (C=O) groups excluding carboxylic acids is 1. The van der Waals surface area contributed by atoms with Crippen LogP contribution in [0.25, 0.3) is 0 Å². The van der Waals surface area contributed by atoms with Crippen LogP contribution in [0.3, 0.4) is 0 Å². The highest BCUT2D eigenvalue weighted by Gasteiger charge is 2.30. The second kappa shape index (κ2) is 11.7. The smallest absolute Gasteiger partial charge is 0.198 e. The highest BCUT2D eigenvalue weighted by molar-refractivity contribution is 6.73. The van der Waals surface area contributed by atoms with Crippen LogP contribution in [0.1, 0.15) is 46.6 Å². The summed E-state index contributed by atoms with van der Waals surface area (Å²) in [5, 5.41) is 9.46. The van der Waals surface area contributed by atoms with Crippen molar-refractivity contribution >= 4 is 14.1 Å². The first kappa shape index (κ1) is 23.1. The molecule has 0 amide bonds. The van der Waals surface area contributed by atoms with E-state index in [0.717, 1.165) is 31.0 Å². The summed E-state index contributed by atoms with van der Waals surface area (Å²) >= 11 is 0. The summed E-state index contributed by atoms with van der Waals surface area (Å²) in [5.41, 5.74) is 2.05. The Labute approximate surface area is 165 Å². The number of nitriles is 1. The Bertz CT molecular complexity index is 689. The number of benzene rings is 1. The summed E-state index contributed by atoms with van der Waals surface area (Å²) < 4.78 is 6.33. The fraction of sp³-hybridized carbons (Fsp3) is 0.478. The molecule has 0 saturated heterocycles. The van der Waals surface area contributed by atoms with E-state index in [-0.39, 0.29) is 17.5 Å². The number of aryl methyl sites for hydroxylation is 1. The van der Waals surface area contributed by atoms with Crippen LogP contribution in [0.4, 0.5) is 0 Å². The largest absolute Gasteiger partial charge is 0.411 e. The predicted molar refractivity (Wildman–Crippen MR) is 115 cm³/mol. The minimum absolute atomic E-state index is 0.183. The van der Waals surface area contributed by atoms with Gasteiger partial charge in [0.25, 0.3) is 0 Å². The first-order valence-electron chi connectivity index (χ1n) is 9.96. The highest BCUT2D eigenvalue weighted by Crippen LogP contribution is 2.24. The third-order valence-electron chi connectivity index (χ3n) is 5.22. The number of ketones is 1. The minimum Gasteiger partial charge on any atom is -0.411 e. The Morgan fingerprint density at radius 2 is 1.78 bits per heavy atom. The van der Waals surface area contributed by atoms with Gasteiger partial charge in [0.05, 0.1) is 11.7 Å². The van der Waals surface area contributed by atoms with Crippen molar-refractivity contribution in [3.8, 4) is 6.07 Å². The third kappa shape index (κ3) is 7.28. The molecular weight excluding hydrogens is 350 g/mol. The van der Waals surface area contributed by atoms with Crippen molar-refractivity contribution < 1.29 is 9.22 Å². The van der Waals surface area contributed by atoms with E-state index < -0.39 is 8.32 Å². The average Bonchev–Trinajstić information content (AvgIpc) is 2.70. The Hall–Kier alpha value is -1.96. The van der Waals surface area contributed by atoms with E-state index >= 15 is 0 Å². The van der Waals surface area contributed by atoms with Crippen LogP contribution >= 0.6 is 0 Å². The lowest BCUT2D eigenvalue weighted by molar-refractivity contribution is -0.111. The van der Waals surface area contributed by atoms with Gasteiger partial charge in [-0.25, -0.2) is 0 Å². The van der Waals surface area contributed by atoms with Gasteiger partial charge >= 0.3 is 0 Å². The van der Waals surface area contributed by atoms with Crippen molar-refractivity contribution in [1.29, 1.82) is 5.26 Å². The molecule has 0 aliphatic rings. The molecule has 3 nitrogen and oxygen atoms in total. The first-order valence-corrected chi connectivity index (χ1v) is 12.5. The zero-order chi connectivity index (χ0) is 20.3. The number of hydrogen-bond acceptors (Lipinski definition) is 3. The number of nitrogens with zero attached hydrogens (tertiary/aromatic N) is 1. The molecule has 1 rings (SSSR count). The number of carbonyl (C=O) groups is 1. The van der Waals surface area contributed by atoms with E-state index in [1.165, 1.54) is 5.56 Å². The summed E-state index contributed by atoms with van der Waals surface area (Å²) in [6.45, 7) is 10.2. The van der Waals surface area contributed by atoms with Crippen LogP contribution in [-0.2, 0) is 15.6 Å². The zero-order valence-corrected chi connectivity index (χ0v) is 18.4. The lowest BCUT2D eigenvalue weighted by Crippen LogP contribution is -2.38. The van der Waals surface area contributed by atoms with E-state index in [2.05, 4.69) is 39.0 Å². The second-order valence-corrected chi connectivity index (χ2v) is 11.7. The Kier molecular flexibility index (Phi) is 9.99. The third-order valence-corrected chi connectivity index (χ3v) is 9.96. The molecule has 0 aliphatic carbocycles. The molecule has 0 heterocycles. The highest BCUT2D eigenvalue weighted by atomic mass is 28.4. The van der Waals surface area contributed by atoms with E-state index in [9.17, 15) is 10.1 Å². The monoisotopic (exact) mass is 383 g/mol. The molecule has 1 aromatic rings. The van der Waals surface area contributed by atoms with Crippen molar-refractivity contribution in [3.05, 3.63) is 59.2 Å². The standard InChI is InChI=1S/C23H33NO2Si/c1-6-27(7-2,8-3)26-20(5)17-22(18-24)23(25)19(4)13-12-16-21-14-10-9-11-15-21/h9-11,13-15,17,20H,6-8,12,16H2,1-5H3/b19-13+,22-17+/t20-/m0/s1. The molecule has 0 bridgehead atoms. The van der Waals surface area contributed by atoms with Crippen LogP contribution in [0.2, 0.25) is 18.1 Å². The van der Waals surface area contributed by atoms with Gasteiger partial charge < -0.3 is 4.43 Å². The molecule has 146 valence electrons. The summed E-state index contributed by atoms with van der Waals surface area (Å²) in [6.07, 6.45) is 5.07. The molecule has 0 aliphatic heterocycles. The van der Waals surface area contributed by atoms with Gasteiger partial charge in [0.15, 0.2) is 14.1 Å². The van der Waals surface area contributed by atoms with E-state index in [1.807, 2.05) is 31.2 Å². The Balaban J connectivity index is 2.77. The maximum Gasteiger partial charge on any atom is 0.198 e. The summed E-state index contributed by atoms with van der Waals surface area (Å²) in [6, 6.07) is 15.4. The van der Waals surface area contributed by atoms with Crippen LogP contribution in [-0.4, -0.2) is 20.2 Å². The van der Waals surface area contributed by atoms with Gasteiger partial charge in [-0.3, -0.25) is 4.79 Å². The van der Waals surface area contributed by atoms with Gasteiger partial charge in [-0.1, -0.05) is 57.2 Å². The molecule has 0 fully saturated rings. The molecule has 0 radical (unpaired) electrons. The normalized spacial score (nSPS) is 13.9. The van der Waals surface area contributed by atoms with E-state index in [0.29, 0.717) is 5.57 Å². The summed E-state index contributed by atoms with van der Waals surface area (Å²) in [5.74, 6) is -0.197. The van der Waals surface area contributed by atoms with Gasteiger partial charge in [0.1, 0.15) is 6.07 Å². The lowest BCUT2D eigenvalue weighted by atomic mass is 10.0. The SMILES string of the molecule is CC[Si](CC)(CC)O[C@@H](C)/C=C(\C#N)C(=O)/C(C)=C/CCc1ccccc1. The first-order chi connectivity index (χ1) is 12.9. The van der Waals surface area contributed by atoms with Gasteiger partial charge in [0.2, 0.25) is 0 Å². The minimum atomic E-state index is -1.76. The maximum atomic E-state index is 12.6. The molecule has 1 atom stereocenters. The lowest BCUT2D eigenvalue weighted by Gasteiger charge is -2.30. The van der Waals surface area contributed by atoms with Crippen molar-refractivity contribution in [2.24, 2.45) is 0 Å². The predicted octanol–water partition coefficient (Wildman–Crippen LogP) is 5.99. The van der Waals surface area contributed by atoms with Crippen molar-refractivity contribution in [1.82, 2.24) is 0 Å². The zero-order valence-electron chi connectivity index (χ0n) is 17.4. The van der Waals surface area contributed by atoms with Crippen LogP contribution < -0.4 is 0 Å². The molecule has 0 saturated carbocycles. The molecule has 0 unspecified atom stereocenters. The second-order valence-electron chi connectivity index (χ2n) is 7.00. The van der Waals surface area contributed by atoms with Gasteiger partial charge in [-0.15, -0.1) is 0 Å². The quantitative estimate of drug-likeness (QED) is 0.268. The van der Waals surface area contributed by atoms with E-state index in [4.69, 9.17) is 4.43 Å². The van der Waals surface area contributed by atoms with Crippen LogP contribution in [0.5, 0.6) is 0 Å². The molecule has 4 heteroatoms. The van der Waals surface area contributed by atoms with Gasteiger partial charge in [-0.05, 0) is 62.0 Å². The average molecular weight is 384 g/mol. The van der Waals surface area contributed by atoms with Gasteiger partial charge in [0, 0.05) is 0 Å². The molecule has 0 N–H and O–H groups in total. The van der Waals surface area contributed by atoms with Crippen LogP contribution in [0, 0.1) is 11.3 Å². The maximum absolute atomic E-state index is 12.6. The van der Waals surface area contributed by atoms with Crippen molar-refractivity contribution in [2.45, 2.75) is 71.7 Å². The Morgan fingerprint density at radius 1 is 1.19 bits per heavy atom. The number of hydrogen-bond donors (Lipinski definition) is 0. The fourth-order valence-corrected chi connectivity index (χ4v) is 6.09. The van der Waals surface area contributed by atoms with Crippen LogP contribution in [0.15, 0.2) is 53.6 Å². The topological polar surface area (TPSA) is 50.1 Å². The molecule has 27 heavy (non-hydrogen) atoms. The molecule has 0 spiro atoms. The number of Topliss-reactive ketones (excluding diaryl/α,β-unsaturated/α-hetero) is 1. The summed E-state index contributed by atoms with van der Waals surface area (Å²) in [7, 11) is -1.76. The fourth-order valence-electron chi connectivity index (χ4n) is 3.23. The molecule has 0 aromatic heterocycles. The van der Waals surface area contributed by atoms with E-state index in [1.54, 1.807) is 13.0 Å². The molecular formula is C23H33NO2Si. The van der Waals surface area contributed by atoms with Crippen molar-refractivity contribution in [2.75, 3.05) is 0 Å². The number of rotatable bonds is 11. The van der Waals surface area contributed by atoms with Gasteiger partial charge in [-0.2, -0.15) is 5.26 Å². The number of allylic oxidation sites excluding steroid dienone is 3. The Morgan fingerprint density at radius 3 is 2.30 bits per heavy atom.